The number of aryl methyl sites for hydroxylation is 1. The van der Waals surface area contributed by atoms with Crippen LogP contribution in [0.5, 0.6) is 0 Å². The summed E-state index contributed by atoms with van der Waals surface area (Å²) in [7, 11) is 0. The molecule has 0 radical (unpaired) electrons. The van der Waals surface area contributed by atoms with Crippen LogP contribution < -0.4 is 0 Å². The third-order valence-corrected chi connectivity index (χ3v) is 2.99. The predicted molar refractivity (Wildman–Crippen MR) is 68.6 cm³/mol. The van der Waals surface area contributed by atoms with Crippen LogP contribution in [0.1, 0.15) is 17.5 Å². The normalized spacial score (nSPS) is 12.4. The van der Waals surface area contributed by atoms with Crippen LogP contribution in [0.4, 0.5) is 8.78 Å². The van der Waals surface area contributed by atoms with Crippen LogP contribution in [-0.4, -0.2) is 16.2 Å². The molecular weight excluding hydrogens is 248 g/mol. The Balaban J connectivity index is 1.93. The summed E-state index contributed by atoms with van der Waals surface area (Å²) in [5.41, 5.74) is 0.941. The topological polar surface area (TPSA) is 33.1 Å². The average molecular weight is 263 g/mol. The highest BCUT2D eigenvalue weighted by Gasteiger charge is 2.13. The number of aliphatic hydroxyl groups excluding tert-OH is 1. The summed E-state index contributed by atoms with van der Waals surface area (Å²) in [4.78, 5) is 3.97. The second-order valence-electron chi connectivity index (χ2n) is 4.46. The molecule has 1 atom stereocenters. The Labute approximate surface area is 110 Å². The highest BCUT2D eigenvalue weighted by molar-refractivity contribution is 5.20. The Kier molecular flexibility index (Phi) is 4.58. The summed E-state index contributed by atoms with van der Waals surface area (Å²) in [6.07, 6.45) is 3.68. The van der Waals surface area contributed by atoms with Gasteiger partial charge in [-0.15, -0.1) is 0 Å². The number of hydrogen-bond donors (Lipinski definition) is 1. The molecule has 0 spiro atoms. The number of aliphatic hydroxyl groups is 1. The molecule has 1 aromatic carbocycles. The van der Waals surface area contributed by atoms with E-state index in [0.717, 1.165) is 5.56 Å². The fourth-order valence-electron chi connectivity index (χ4n) is 1.94. The highest BCUT2D eigenvalue weighted by atomic mass is 19.1. The number of nitrogens with zero attached hydrogens (tertiary/aromatic N) is 1. The first-order valence-corrected chi connectivity index (χ1v) is 6.16. The Bertz CT molecular complexity index is 511. The largest absolute Gasteiger partial charge is 0.393 e. The van der Waals surface area contributed by atoms with Gasteiger partial charge < -0.3 is 5.11 Å². The van der Waals surface area contributed by atoms with Gasteiger partial charge >= 0.3 is 0 Å². The fourth-order valence-corrected chi connectivity index (χ4v) is 1.94. The number of rotatable bonds is 5. The van der Waals surface area contributed by atoms with Crippen molar-refractivity contribution in [2.24, 2.45) is 0 Å². The van der Waals surface area contributed by atoms with Gasteiger partial charge in [0.05, 0.1) is 6.10 Å². The Morgan fingerprint density at radius 1 is 1.11 bits per heavy atom. The third kappa shape index (κ3) is 3.83. The summed E-state index contributed by atoms with van der Waals surface area (Å²) < 4.78 is 26.8. The fraction of sp³-hybridized carbons (Fsp3) is 0.267. The number of benzene rings is 1. The van der Waals surface area contributed by atoms with Gasteiger partial charge in [-0.2, -0.15) is 0 Å². The van der Waals surface area contributed by atoms with E-state index < -0.39 is 17.7 Å². The summed E-state index contributed by atoms with van der Waals surface area (Å²) in [6, 6.07) is 7.44. The molecule has 0 fully saturated rings. The molecule has 2 rings (SSSR count). The molecule has 0 amide bonds. The molecule has 100 valence electrons. The van der Waals surface area contributed by atoms with Gasteiger partial charge in [0, 0.05) is 24.4 Å². The lowest BCUT2D eigenvalue weighted by atomic mass is 10.0. The van der Waals surface area contributed by atoms with E-state index in [2.05, 4.69) is 4.98 Å². The molecule has 0 bridgehead atoms. The SMILES string of the molecule is OC(CCc1cccnc1)Cc1c(F)cccc1F. The molecule has 2 nitrogen and oxygen atoms in total. The summed E-state index contributed by atoms with van der Waals surface area (Å²) in [6.45, 7) is 0. The van der Waals surface area contributed by atoms with Crippen LogP contribution in [-0.2, 0) is 12.8 Å². The molecule has 1 unspecified atom stereocenters. The minimum atomic E-state index is -0.772. The van der Waals surface area contributed by atoms with E-state index in [4.69, 9.17) is 0 Å². The van der Waals surface area contributed by atoms with Crippen LogP contribution in [0.2, 0.25) is 0 Å². The molecule has 0 saturated heterocycles. The van der Waals surface area contributed by atoms with E-state index in [1.807, 2.05) is 12.1 Å². The maximum atomic E-state index is 13.4. The van der Waals surface area contributed by atoms with Gasteiger partial charge in [0.2, 0.25) is 0 Å². The van der Waals surface area contributed by atoms with Crippen molar-refractivity contribution in [3.8, 4) is 0 Å². The average Bonchev–Trinajstić information content (AvgIpc) is 2.42. The van der Waals surface area contributed by atoms with Crippen molar-refractivity contribution in [1.29, 1.82) is 0 Å². The monoisotopic (exact) mass is 263 g/mol. The standard InChI is InChI=1S/C15H15F2NO/c16-14-4-1-5-15(17)13(14)9-12(19)7-6-11-3-2-8-18-10-11/h1-5,8,10,12,19H,6-7,9H2. The molecule has 1 aromatic heterocycles. The predicted octanol–water partition coefficient (Wildman–Crippen LogP) is 2.90. The summed E-state index contributed by atoms with van der Waals surface area (Å²) in [5, 5.41) is 9.86. The van der Waals surface area contributed by atoms with Crippen molar-refractivity contribution in [2.45, 2.75) is 25.4 Å². The van der Waals surface area contributed by atoms with Crippen LogP contribution in [0.15, 0.2) is 42.7 Å². The lowest BCUT2D eigenvalue weighted by Gasteiger charge is -2.11. The van der Waals surface area contributed by atoms with Gasteiger partial charge in [-0.05, 0) is 36.6 Å². The minimum absolute atomic E-state index is 0.0151. The Hall–Kier alpha value is -1.81. The molecule has 0 aliphatic heterocycles. The lowest BCUT2D eigenvalue weighted by Crippen LogP contribution is -2.14. The third-order valence-electron chi connectivity index (χ3n) is 2.99. The second kappa shape index (κ2) is 6.38. The first kappa shape index (κ1) is 13.6. The van der Waals surface area contributed by atoms with Crippen molar-refractivity contribution in [2.75, 3.05) is 0 Å². The van der Waals surface area contributed by atoms with E-state index in [0.29, 0.717) is 12.8 Å². The first-order valence-electron chi connectivity index (χ1n) is 6.16. The molecular formula is C15H15F2NO. The lowest BCUT2D eigenvalue weighted by molar-refractivity contribution is 0.162. The van der Waals surface area contributed by atoms with Gasteiger partial charge in [0.25, 0.3) is 0 Å². The van der Waals surface area contributed by atoms with Gasteiger partial charge in [0.1, 0.15) is 11.6 Å². The van der Waals surface area contributed by atoms with Crippen molar-refractivity contribution >= 4 is 0 Å². The van der Waals surface area contributed by atoms with E-state index >= 15 is 0 Å². The van der Waals surface area contributed by atoms with Gasteiger partial charge in [-0.1, -0.05) is 12.1 Å². The molecule has 2 aromatic rings. The Morgan fingerprint density at radius 3 is 2.47 bits per heavy atom. The number of aromatic nitrogens is 1. The van der Waals surface area contributed by atoms with Crippen LogP contribution in [0.3, 0.4) is 0 Å². The van der Waals surface area contributed by atoms with Crippen molar-refractivity contribution in [3.05, 3.63) is 65.5 Å². The first-order chi connectivity index (χ1) is 9.16. The number of hydrogen-bond acceptors (Lipinski definition) is 2. The van der Waals surface area contributed by atoms with Crippen LogP contribution in [0, 0.1) is 11.6 Å². The van der Waals surface area contributed by atoms with E-state index in [-0.39, 0.29) is 12.0 Å². The number of pyridine rings is 1. The van der Waals surface area contributed by atoms with Gasteiger partial charge in [-0.3, -0.25) is 4.98 Å². The van der Waals surface area contributed by atoms with Gasteiger partial charge in [-0.25, -0.2) is 8.78 Å². The van der Waals surface area contributed by atoms with E-state index in [1.54, 1.807) is 12.4 Å². The van der Waals surface area contributed by atoms with Gasteiger partial charge in [0.15, 0.2) is 0 Å². The number of halogens is 2. The zero-order valence-electron chi connectivity index (χ0n) is 10.4. The minimum Gasteiger partial charge on any atom is -0.393 e. The summed E-state index contributed by atoms with van der Waals surface area (Å²) in [5.74, 6) is -1.22. The van der Waals surface area contributed by atoms with Crippen LogP contribution in [0.25, 0.3) is 0 Å². The van der Waals surface area contributed by atoms with E-state index in [1.165, 1.54) is 18.2 Å². The van der Waals surface area contributed by atoms with Crippen molar-refractivity contribution < 1.29 is 13.9 Å². The van der Waals surface area contributed by atoms with Crippen molar-refractivity contribution in [3.63, 3.8) is 0 Å². The van der Waals surface area contributed by atoms with Crippen LogP contribution >= 0.6 is 0 Å². The Morgan fingerprint density at radius 2 is 1.84 bits per heavy atom. The quantitative estimate of drug-likeness (QED) is 0.899. The van der Waals surface area contributed by atoms with E-state index in [9.17, 15) is 13.9 Å². The molecule has 0 saturated carbocycles. The smallest absolute Gasteiger partial charge is 0.129 e. The molecule has 0 aliphatic rings. The molecule has 4 heteroatoms. The maximum Gasteiger partial charge on any atom is 0.129 e. The molecule has 19 heavy (non-hydrogen) atoms. The molecule has 0 aliphatic carbocycles. The zero-order valence-corrected chi connectivity index (χ0v) is 10.4. The maximum absolute atomic E-state index is 13.4. The second-order valence-corrected chi connectivity index (χ2v) is 4.46. The molecule has 1 N–H and O–H groups in total. The highest BCUT2D eigenvalue weighted by Crippen LogP contribution is 2.16. The summed E-state index contributed by atoms with van der Waals surface area (Å²) >= 11 is 0. The van der Waals surface area contributed by atoms with Crippen molar-refractivity contribution in [1.82, 2.24) is 4.98 Å². The molecule has 1 heterocycles. The zero-order chi connectivity index (χ0) is 13.7.